The van der Waals surface area contributed by atoms with Crippen molar-refractivity contribution in [2.24, 2.45) is 10.9 Å². The Labute approximate surface area is 123 Å². The monoisotopic (exact) mass is 278 g/mol. The molecule has 114 valence electrons. The van der Waals surface area contributed by atoms with Gasteiger partial charge in [-0.3, -0.25) is 4.99 Å². The minimum atomic E-state index is 0.538. The maximum atomic E-state index is 4.74. The van der Waals surface area contributed by atoms with E-state index in [0.717, 1.165) is 37.8 Å². The number of rotatable bonds is 5. The van der Waals surface area contributed by atoms with Gasteiger partial charge >= 0.3 is 0 Å². The summed E-state index contributed by atoms with van der Waals surface area (Å²) in [6, 6.07) is 0.538. The standard InChI is InChI=1S/C16H30N4/c1-3-17-16(19-15-6-4-5-7-15)18-11-8-14-9-12-20(2)13-10-14/h4-5,14-15H,3,6-13H2,1-2H3,(H2,17,18,19). The van der Waals surface area contributed by atoms with Crippen LogP contribution in [0.25, 0.3) is 0 Å². The highest BCUT2D eigenvalue weighted by Gasteiger charge is 2.16. The Morgan fingerprint density at radius 3 is 2.60 bits per heavy atom. The summed E-state index contributed by atoms with van der Waals surface area (Å²) in [4.78, 5) is 7.17. The predicted molar refractivity (Wildman–Crippen MR) is 86.1 cm³/mol. The minimum Gasteiger partial charge on any atom is -0.357 e. The van der Waals surface area contributed by atoms with Gasteiger partial charge in [0.2, 0.25) is 0 Å². The van der Waals surface area contributed by atoms with Gasteiger partial charge in [0.1, 0.15) is 0 Å². The van der Waals surface area contributed by atoms with Crippen LogP contribution in [0.2, 0.25) is 0 Å². The quantitative estimate of drug-likeness (QED) is 0.459. The lowest BCUT2D eigenvalue weighted by molar-refractivity contribution is 0.214. The molecule has 0 aromatic carbocycles. The van der Waals surface area contributed by atoms with Crippen LogP contribution in [-0.4, -0.2) is 50.1 Å². The van der Waals surface area contributed by atoms with E-state index in [2.05, 4.69) is 41.7 Å². The topological polar surface area (TPSA) is 39.7 Å². The molecule has 4 heteroatoms. The molecule has 0 aromatic heterocycles. The van der Waals surface area contributed by atoms with E-state index in [1.54, 1.807) is 0 Å². The number of nitrogens with one attached hydrogen (secondary N) is 2. The Morgan fingerprint density at radius 1 is 1.25 bits per heavy atom. The van der Waals surface area contributed by atoms with Gasteiger partial charge in [-0.2, -0.15) is 0 Å². The second kappa shape index (κ2) is 8.30. The van der Waals surface area contributed by atoms with E-state index in [4.69, 9.17) is 4.99 Å². The maximum absolute atomic E-state index is 4.74. The molecule has 0 saturated carbocycles. The normalized spacial score (nSPS) is 22.4. The molecule has 1 aliphatic carbocycles. The Hall–Kier alpha value is -1.03. The third-order valence-corrected chi connectivity index (χ3v) is 4.34. The van der Waals surface area contributed by atoms with E-state index in [-0.39, 0.29) is 0 Å². The van der Waals surface area contributed by atoms with Gasteiger partial charge in [-0.1, -0.05) is 12.2 Å². The summed E-state index contributed by atoms with van der Waals surface area (Å²) in [5.41, 5.74) is 0. The van der Waals surface area contributed by atoms with Crippen LogP contribution in [0.1, 0.15) is 39.0 Å². The van der Waals surface area contributed by atoms with Gasteiger partial charge in [-0.25, -0.2) is 0 Å². The molecule has 1 fully saturated rings. The first kappa shape index (κ1) is 15.4. The highest BCUT2D eigenvalue weighted by atomic mass is 15.2. The van der Waals surface area contributed by atoms with Crippen LogP contribution in [0, 0.1) is 5.92 Å². The summed E-state index contributed by atoms with van der Waals surface area (Å²) in [7, 11) is 2.22. The molecule has 4 nitrogen and oxygen atoms in total. The summed E-state index contributed by atoms with van der Waals surface area (Å²) in [6.45, 7) is 6.51. The molecule has 0 atom stereocenters. The maximum Gasteiger partial charge on any atom is 0.191 e. The largest absolute Gasteiger partial charge is 0.357 e. The fourth-order valence-electron chi connectivity index (χ4n) is 2.96. The Kier molecular flexibility index (Phi) is 6.37. The van der Waals surface area contributed by atoms with Crippen molar-refractivity contribution in [3.8, 4) is 0 Å². The van der Waals surface area contributed by atoms with Crippen molar-refractivity contribution in [3.63, 3.8) is 0 Å². The van der Waals surface area contributed by atoms with Crippen molar-refractivity contribution in [2.75, 3.05) is 33.2 Å². The number of likely N-dealkylation sites (tertiary alicyclic amines) is 1. The molecule has 0 unspecified atom stereocenters. The first-order valence-electron chi connectivity index (χ1n) is 8.16. The second-order valence-electron chi connectivity index (χ2n) is 6.08. The van der Waals surface area contributed by atoms with Crippen LogP contribution < -0.4 is 10.6 Å². The van der Waals surface area contributed by atoms with Gasteiger partial charge < -0.3 is 15.5 Å². The summed E-state index contributed by atoms with van der Waals surface area (Å²) in [5.74, 6) is 1.86. The zero-order valence-electron chi connectivity index (χ0n) is 13.1. The highest BCUT2D eigenvalue weighted by Crippen LogP contribution is 2.19. The second-order valence-corrected chi connectivity index (χ2v) is 6.08. The van der Waals surface area contributed by atoms with Crippen molar-refractivity contribution < 1.29 is 0 Å². The average molecular weight is 278 g/mol. The lowest BCUT2D eigenvalue weighted by Gasteiger charge is -2.28. The zero-order valence-corrected chi connectivity index (χ0v) is 13.1. The Balaban J connectivity index is 1.70. The molecule has 0 radical (unpaired) electrons. The van der Waals surface area contributed by atoms with Crippen molar-refractivity contribution in [1.29, 1.82) is 0 Å². The van der Waals surface area contributed by atoms with Crippen molar-refractivity contribution >= 4 is 5.96 Å². The molecular formula is C16H30N4. The fourth-order valence-corrected chi connectivity index (χ4v) is 2.96. The van der Waals surface area contributed by atoms with Crippen molar-refractivity contribution in [3.05, 3.63) is 12.2 Å². The highest BCUT2D eigenvalue weighted by molar-refractivity contribution is 5.80. The van der Waals surface area contributed by atoms with Gasteiger partial charge in [0.05, 0.1) is 0 Å². The molecule has 2 rings (SSSR count). The first-order chi connectivity index (χ1) is 9.78. The average Bonchev–Trinajstić information content (AvgIpc) is 2.94. The number of aliphatic imine (C=N–C) groups is 1. The zero-order chi connectivity index (χ0) is 14.2. The van der Waals surface area contributed by atoms with Gasteiger partial charge in [-0.15, -0.1) is 0 Å². The summed E-state index contributed by atoms with van der Waals surface area (Å²) >= 11 is 0. The number of hydrogen-bond donors (Lipinski definition) is 2. The van der Waals surface area contributed by atoms with Crippen LogP contribution in [-0.2, 0) is 0 Å². The smallest absolute Gasteiger partial charge is 0.191 e. The van der Waals surface area contributed by atoms with Gasteiger partial charge in [0.25, 0.3) is 0 Å². The van der Waals surface area contributed by atoms with E-state index >= 15 is 0 Å². The summed E-state index contributed by atoms with van der Waals surface area (Å²) in [5, 5.41) is 6.89. The summed E-state index contributed by atoms with van der Waals surface area (Å²) in [6.07, 6.45) is 10.6. The number of nitrogens with zero attached hydrogens (tertiary/aromatic N) is 2. The Morgan fingerprint density at radius 2 is 1.95 bits per heavy atom. The SMILES string of the molecule is CCNC(=NCCC1CCN(C)CC1)NC1CC=CC1. The molecule has 0 bridgehead atoms. The van der Waals surface area contributed by atoms with Crippen LogP contribution >= 0.6 is 0 Å². The molecule has 0 spiro atoms. The third kappa shape index (κ3) is 5.16. The number of piperidine rings is 1. The van der Waals surface area contributed by atoms with E-state index in [0.29, 0.717) is 6.04 Å². The van der Waals surface area contributed by atoms with Gasteiger partial charge in [-0.05, 0) is 65.1 Å². The predicted octanol–water partition coefficient (Wildman–Crippen LogP) is 1.99. The van der Waals surface area contributed by atoms with E-state index in [9.17, 15) is 0 Å². The number of hydrogen-bond acceptors (Lipinski definition) is 2. The lowest BCUT2D eigenvalue weighted by atomic mass is 9.94. The van der Waals surface area contributed by atoms with E-state index in [1.807, 2.05) is 0 Å². The molecule has 2 N–H and O–H groups in total. The first-order valence-corrected chi connectivity index (χ1v) is 8.16. The van der Waals surface area contributed by atoms with Crippen LogP contribution in [0.4, 0.5) is 0 Å². The molecule has 2 aliphatic rings. The fraction of sp³-hybridized carbons (Fsp3) is 0.812. The van der Waals surface area contributed by atoms with Crippen LogP contribution in [0.15, 0.2) is 17.1 Å². The van der Waals surface area contributed by atoms with Gasteiger partial charge in [0, 0.05) is 19.1 Å². The molecular weight excluding hydrogens is 248 g/mol. The van der Waals surface area contributed by atoms with Crippen molar-refractivity contribution in [1.82, 2.24) is 15.5 Å². The minimum absolute atomic E-state index is 0.538. The Bertz CT molecular complexity index is 321. The molecule has 0 amide bonds. The number of guanidine groups is 1. The molecule has 1 heterocycles. The van der Waals surface area contributed by atoms with Gasteiger partial charge in [0.15, 0.2) is 5.96 Å². The van der Waals surface area contributed by atoms with Crippen LogP contribution in [0.5, 0.6) is 0 Å². The third-order valence-electron chi connectivity index (χ3n) is 4.34. The van der Waals surface area contributed by atoms with E-state index < -0.39 is 0 Å². The van der Waals surface area contributed by atoms with E-state index in [1.165, 1.54) is 32.4 Å². The van der Waals surface area contributed by atoms with Crippen LogP contribution in [0.3, 0.4) is 0 Å². The molecule has 0 aromatic rings. The lowest BCUT2D eigenvalue weighted by Crippen LogP contribution is -2.42. The molecule has 1 saturated heterocycles. The molecule has 1 aliphatic heterocycles. The van der Waals surface area contributed by atoms with Crippen molar-refractivity contribution in [2.45, 2.75) is 45.1 Å². The molecule has 20 heavy (non-hydrogen) atoms. The summed E-state index contributed by atoms with van der Waals surface area (Å²) < 4.78 is 0.